The Kier molecular flexibility index (Phi) is 5.56. The molecule has 0 aliphatic heterocycles. The number of amides is 1. The average molecular weight is 299 g/mol. The van der Waals surface area contributed by atoms with Gasteiger partial charge in [0.05, 0.1) is 6.42 Å². The van der Waals surface area contributed by atoms with Gasteiger partial charge in [-0.3, -0.25) is 4.79 Å². The maximum atomic E-state index is 12.1. The summed E-state index contributed by atoms with van der Waals surface area (Å²) in [4.78, 5) is 13.9. The first kappa shape index (κ1) is 15.3. The van der Waals surface area contributed by atoms with Crippen molar-refractivity contribution in [3.05, 3.63) is 57.8 Å². The van der Waals surface area contributed by atoms with Crippen LogP contribution in [0.5, 0.6) is 0 Å². The van der Waals surface area contributed by atoms with Crippen molar-refractivity contribution in [2.45, 2.75) is 13.0 Å². The quantitative estimate of drug-likeness (QED) is 0.880. The Hall–Kier alpha value is -2.09. The second kappa shape index (κ2) is 7.63. The van der Waals surface area contributed by atoms with Gasteiger partial charge in [0.2, 0.25) is 5.91 Å². The Morgan fingerprint density at radius 2 is 2.19 bits per heavy atom. The van der Waals surface area contributed by atoms with Gasteiger partial charge in [-0.2, -0.15) is 11.3 Å². The van der Waals surface area contributed by atoms with Crippen molar-refractivity contribution >= 4 is 17.2 Å². The van der Waals surface area contributed by atoms with Gasteiger partial charge in [-0.05, 0) is 40.1 Å². The Morgan fingerprint density at radius 3 is 2.90 bits per heavy atom. The fraction of sp³-hybridized carbons (Fsp3) is 0.235. The highest BCUT2D eigenvalue weighted by Crippen LogP contribution is 2.11. The summed E-state index contributed by atoms with van der Waals surface area (Å²) in [6, 6.07) is 9.68. The molecule has 21 heavy (non-hydrogen) atoms. The topological polar surface area (TPSA) is 40.5 Å². The van der Waals surface area contributed by atoms with Crippen LogP contribution in [-0.4, -0.2) is 29.6 Å². The molecule has 1 heterocycles. The van der Waals surface area contributed by atoms with Crippen LogP contribution in [0.15, 0.2) is 41.1 Å². The summed E-state index contributed by atoms with van der Waals surface area (Å²) in [5.41, 5.74) is 2.93. The second-order valence-electron chi connectivity index (χ2n) is 4.72. The molecule has 0 unspecified atom stereocenters. The molecule has 0 saturated carbocycles. The van der Waals surface area contributed by atoms with E-state index in [0.29, 0.717) is 13.0 Å². The van der Waals surface area contributed by atoms with Crippen molar-refractivity contribution in [1.29, 1.82) is 0 Å². The number of thiophene rings is 1. The predicted molar refractivity (Wildman–Crippen MR) is 84.9 cm³/mol. The average Bonchev–Trinajstić information content (AvgIpc) is 2.98. The first-order valence-electron chi connectivity index (χ1n) is 6.63. The third-order valence-corrected chi connectivity index (χ3v) is 3.75. The summed E-state index contributed by atoms with van der Waals surface area (Å²) in [7, 11) is 1.81. The minimum atomic E-state index is -0.150. The predicted octanol–water partition coefficient (Wildman–Crippen LogP) is 2.29. The molecule has 0 aliphatic carbocycles. The maximum Gasteiger partial charge on any atom is 0.227 e. The summed E-state index contributed by atoms with van der Waals surface area (Å²) in [6.07, 6.45) is 0.435. The van der Waals surface area contributed by atoms with Crippen molar-refractivity contribution in [2.24, 2.45) is 0 Å². The number of carbonyl (C=O) groups is 1. The number of hydrogen-bond acceptors (Lipinski definition) is 3. The first-order chi connectivity index (χ1) is 10.2. The highest BCUT2D eigenvalue weighted by Gasteiger charge is 2.10. The molecule has 4 heteroatoms. The fourth-order valence-corrected chi connectivity index (χ4v) is 2.62. The van der Waals surface area contributed by atoms with Crippen LogP contribution in [0.3, 0.4) is 0 Å². The normalized spacial score (nSPS) is 9.81. The molecular weight excluding hydrogens is 282 g/mol. The molecule has 0 atom stereocenters. The standard InChI is InChI=1S/C17H17NO2S/c1-18(17(20)11-16-7-9-21-13-16)12-15-5-2-4-14(10-15)6-3-8-19/h2,4-5,7,9-10,13,19H,8,11-12H2,1H3. The number of carbonyl (C=O) groups excluding carboxylic acids is 1. The second-order valence-corrected chi connectivity index (χ2v) is 5.50. The summed E-state index contributed by atoms with van der Waals surface area (Å²) in [5, 5.41) is 12.7. The van der Waals surface area contributed by atoms with Crippen molar-refractivity contribution in [3.8, 4) is 11.8 Å². The van der Waals surface area contributed by atoms with Gasteiger partial charge >= 0.3 is 0 Å². The monoisotopic (exact) mass is 299 g/mol. The third-order valence-electron chi connectivity index (χ3n) is 3.02. The largest absolute Gasteiger partial charge is 0.384 e. The SMILES string of the molecule is CN(Cc1cccc(C#CCO)c1)C(=O)Cc1ccsc1. The highest BCUT2D eigenvalue weighted by molar-refractivity contribution is 7.07. The Labute approximate surface area is 128 Å². The lowest BCUT2D eigenvalue weighted by atomic mass is 10.1. The molecular formula is C17H17NO2S. The van der Waals surface area contributed by atoms with Crippen molar-refractivity contribution in [1.82, 2.24) is 4.90 Å². The molecule has 1 amide bonds. The number of likely N-dealkylation sites (N-methyl/N-ethyl adjacent to an activating group) is 1. The molecule has 1 aromatic carbocycles. The van der Waals surface area contributed by atoms with Gasteiger partial charge in [-0.25, -0.2) is 0 Å². The van der Waals surface area contributed by atoms with E-state index in [1.807, 2.05) is 41.1 Å². The molecule has 108 valence electrons. The van der Waals surface area contributed by atoms with Crippen LogP contribution in [0.1, 0.15) is 16.7 Å². The summed E-state index contributed by atoms with van der Waals surface area (Å²) >= 11 is 1.60. The smallest absolute Gasteiger partial charge is 0.227 e. The van der Waals surface area contributed by atoms with Gasteiger partial charge in [0.15, 0.2) is 0 Å². The van der Waals surface area contributed by atoms with E-state index < -0.39 is 0 Å². The van der Waals surface area contributed by atoms with Crippen LogP contribution in [-0.2, 0) is 17.8 Å². The molecule has 0 saturated heterocycles. The zero-order valence-electron chi connectivity index (χ0n) is 11.9. The first-order valence-corrected chi connectivity index (χ1v) is 7.57. The van der Waals surface area contributed by atoms with Gasteiger partial charge < -0.3 is 10.0 Å². The summed E-state index contributed by atoms with van der Waals surface area (Å²) in [5.74, 6) is 5.59. The summed E-state index contributed by atoms with van der Waals surface area (Å²) in [6.45, 7) is 0.404. The zero-order valence-corrected chi connectivity index (χ0v) is 12.7. The molecule has 1 aromatic heterocycles. The molecule has 3 nitrogen and oxygen atoms in total. The number of aliphatic hydroxyl groups excluding tert-OH is 1. The summed E-state index contributed by atoms with van der Waals surface area (Å²) < 4.78 is 0. The fourth-order valence-electron chi connectivity index (χ4n) is 1.95. The molecule has 0 fully saturated rings. The number of benzene rings is 1. The Bertz CT molecular complexity index is 653. The van der Waals surface area contributed by atoms with Crippen LogP contribution in [0.4, 0.5) is 0 Å². The highest BCUT2D eigenvalue weighted by atomic mass is 32.1. The lowest BCUT2D eigenvalue weighted by Crippen LogP contribution is -2.27. The molecule has 0 aliphatic rings. The van der Waals surface area contributed by atoms with E-state index in [-0.39, 0.29) is 12.5 Å². The molecule has 2 rings (SSSR count). The minimum Gasteiger partial charge on any atom is -0.384 e. The lowest BCUT2D eigenvalue weighted by Gasteiger charge is -2.17. The number of aliphatic hydroxyl groups is 1. The number of nitrogens with zero attached hydrogens (tertiary/aromatic N) is 1. The van der Waals surface area contributed by atoms with Crippen molar-refractivity contribution in [2.75, 3.05) is 13.7 Å². The van der Waals surface area contributed by atoms with Crippen molar-refractivity contribution < 1.29 is 9.90 Å². The third kappa shape index (κ3) is 4.75. The Morgan fingerprint density at radius 1 is 1.33 bits per heavy atom. The maximum absolute atomic E-state index is 12.1. The lowest BCUT2D eigenvalue weighted by molar-refractivity contribution is -0.129. The molecule has 0 radical (unpaired) electrons. The minimum absolute atomic E-state index is 0.0974. The van der Waals surface area contributed by atoms with E-state index in [4.69, 9.17) is 5.11 Å². The van der Waals surface area contributed by atoms with Gasteiger partial charge in [0.1, 0.15) is 6.61 Å². The van der Waals surface area contributed by atoms with Gasteiger partial charge in [0, 0.05) is 19.2 Å². The van der Waals surface area contributed by atoms with E-state index >= 15 is 0 Å². The van der Waals surface area contributed by atoms with Crippen LogP contribution >= 0.6 is 11.3 Å². The van der Waals surface area contributed by atoms with E-state index in [1.54, 1.807) is 23.3 Å². The van der Waals surface area contributed by atoms with Crippen LogP contribution in [0, 0.1) is 11.8 Å². The van der Waals surface area contributed by atoms with E-state index in [0.717, 1.165) is 16.7 Å². The van der Waals surface area contributed by atoms with Crippen LogP contribution < -0.4 is 0 Å². The van der Waals surface area contributed by atoms with Crippen LogP contribution in [0.25, 0.3) is 0 Å². The molecule has 1 N–H and O–H groups in total. The van der Waals surface area contributed by atoms with Gasteiger partial charge in [-0.1, -0.05) is 24.0 Å². The van der Waals surface area contributed by atoms with Crippen molar-refractivity contribution in [3.63, 3.8) is 0 Å². The molecule has 2 aromatic rings. The van der Waals surface area contributed by atoms with E-state index in [2.05, 4.69) is 11.8 Å². The molecule has 0 bridgehead atoms. The number of rotatable bonds is 4. The zero-order chi connectivity index (χ0) is 15.1. The number of hydrogen-bond donors (Lipinski definition) is 1. The van der Waals surface area contributed by atoms with E-state index in [1.165, 1.54) is 0 Å². The van der Waals surface area contributed by atoms with Crippen LogP contribution in [0.2, 0.25) is 0 Å². The Balaban J connectivity index is 1.98. The van der Waals surface area contributed by atoms with Gasteiger partial charge in [-0.15, -0.1) is 0 Å². The molecule has 0 spiro atoms. The van der Waals surface area contributed by atoms with Gasteiger partial charge in [0.25, 0.3) is 0 Å². The van der Waals surface area contributed by atoms with E-state index in [9.17, 15) is 4.79 Å².